The number of nitrogens with zero attached hydrogens (tertiary/aromatic N) is 3. The summed E-state index contributed by atoms with van der Waals surface area (Å²) in [4.78, 5) is 14.0. The van der Waals surface area contributed by atoms with E-state index in [0.717, 1.165) is 17.7 Å². The first kappa shape index (κ1) is 16.8. The van der Waals surface area contributed by atoms with E-state index in [1.165, 1.54) is 5.56 Å². The molecule has 1 heterocycles. The summed E-state index contributed by atoms with van der Waals surface area (Å²) in [6, 6.07) is 8.03. The number of aromatic nitrogens is 2. The van der Waals surface area contributed by atoms with Crippen LogP contribution in [0.15, 0.2) is 42.7 Å². The van der Waals surface area contributed by atoms with Crippen LogP contribution in [0.3, 0.4) is 0 Å². The van der Waals surface area contributed by atoms with Gasteiger partial charge in [0.1, 0.15) is 5.75 Å². The zero-order chi connectivity index (χ0) is 16.8. The summed E-state index contributed by atoms with van der Waals surface area (Å²) >= 11 is 0. The lowest BCUT2D eigenvalue weighted by molar-refractivity contribution is -0.126. The Kier molecular flexibility index (Phi) is 5.57. The molecule has 0 radical (unpaired) electrons. The maximum atomic E-state index is 12.2. The van der Waals surface area contributed by atoms with Crippen molar-refractivity contribution in [3.63, 3.8) is 0 Å². The number of benzene rings is 1. The van der Waals surface area contributed by atoms with E-state index in [-0.39, 0.29) is 11.9 Å². The van der Waals surface area contributed by atoms with Crippen LogP contribution in [0.2, 0.25) is 0 Å². The van der Waals surface area contributed by atoms with Crippen LogP contribution >= 0.6 is 0 Å². The van der Waals surface area contributed by atoms with Gasteiger partial charge in [0, 0.05) is 38.0 Å². The van der Waals surface area contributed by atoms with Gasteiger partial charge >= 0.3 is 0 Å². The fourth-order valence-electron chi connectivity index (χ4n) is 2.27. The monoisotopic (exact) mass is 313 g/mol. The van der Waals surface area contributed by atoms with E-state index in [1.807, 2.05) is 51.5 Å². The molecule has 5 heteroatoms. The predicted octanol–water partition coefficient (Wildman–Crippen LogP) is 2.53. The van der Waals surface area contributed by atoms with Gasteiger partial charge in [-0.05, 0) is 37.1 Å². The number of carbonyl (C=O) groups excluding carboxylic acids is 1. The molecule has 2 aromatic rings. The fraction of sp³-hybridized carbons (Fsp3) is 0.333. The smallest absolute Gasteiger partial charge is 0.246 e. The zero-order valence-electron chi connectivity index (χ0n) is 14.1. The molecule has 0 unspecified atom stereocenters. The molecule has 23 heavy (non-hydrogen) atoms. The molecule has 0 spiro atoms. The van der Waals surface area contributed by atoms with Gasteiger partial charge < -0.3 is 9.64 Å². The van der Waals surface area contributed by atoms with Crippen LogP contribution in [0, 0.1) is 0 Å². The number of likely N-dealkylation sites (N-methyl/N-ethyl adjacent to an activating group) is 1. The maximum Gasteiger partial charge on any atom is 0.246 e. The molecule has 1 atom stereocenters. The molecule has 1 aromatic heterocycles. The molecular weight excluding hydrogens is 290 g/mol. The van der Waals surface area contributed by atoms with Crippen molar-refractivity contribution in [1.29, 1.82) is 0 Å². The van der Waals surface area contributed by atoms with Crippen LogP contribution in [0.1, 0.15) is 18.1 Å². The molecule has 0 N–H and O–H groups in total. The highest BCUT2D eigenvalue weighted by molar-refractivity contribution is 5.91. The summed E-state index contributed by atoms with van der Waals surface area (Å²) in [6.45, 7) is 2.04. The van der Waals surface area contributed by atoms with Gasteiger partial charge in [-0.15, -0.1) is 0 Å². The van der Waals surface area contributed by atoms with Crippen molar-refractivity contribution >= 4 is 12.0 Å². The van der Waals surface area contributed by atoms with Crippen molar-refractivity contribution in [2.75, 3.05) is 14.2 Å². The number of ether oxygens (including phenoxy) is 1. The molecule has 1 aromatic carbocycles. The molecule has 0 aliphatic rings. The fourth-order valence-corrected chi connectivity index (χ4v) is 2.27. The second-order valence-corrected chi connectivity index (χ2v) is 5.63. The van der Waals surface area contributed by atoms with Gasteiger partial charge in [-0.1, -0.05) is 12.1 Å². The van der Waals surface area contributed by atoms with Crippen LogP contribution in [-0.2, 0) is 18.3 Å². The zero-order valence-corrected chi connectivity index (χ0v) is 14.1. The number of hydrogen-bond acceptors (Lipinski definition) is 3. The number of hydrogen-bond donors (Lipinski definition) is 0. The third-order valence-electron chi connectivity index (χ3n) is 3.84. The average Bonchev–Trinajstić information content (AvgIpc) is 2.98. The van der Waals surface area contributed by atoms with E-state index in [9.17, 15) is 4.79 Å². The Labute approximate surface area is 137 Å². The quantitative estimate of drug-likeness (QED) is 0.770. The van der Waals surface area contributed by atoms with E-state index < -0.39 is 0 Å². The van der Waals surface area contributed by atoms with Crippen LogP contribution in [0.5, 0.6) is 5.75 Å². The summed E-state index contributed by atoms with van der Waals surface area (Å²) in [5.41, 5.74) is 2.09. The summed E-state index contributed by atoms with van der Waals surface area (Å²) in [5.74, 6) is 0.820. The minimum absolute atomic E-state index is 0.0186. The highest BCUT2D eigenvalue weighted by atomic mass is 16.5. The normalized spacial score (nSPS) is 12.3. The number of amides is 1. The van der Waals surface area contributed by atoms with Gasteiger partial charge in [-0.25, -0.2) is 0 Å². The molecule has 0 bridgehead atoms. The Morgan fingerprint density at radius 3 is 2.65 bits per heavy atom. The van der Waals surface area contributed by atoms with Crippen molar-refractivity contribution in [3.05, 3.63) is 53.9 Å². The van der Waals surface area contributed by atoms with Crippen molar-refractivity contribution in [3.8, 4) is 5.75 Å². The van der Waals surface area contributed by atoms with E-state index >= 15 is 0 Å². The van der Waals surface area contributed by atoms with E-state index in [4.69, 9.17) is 4.74 Å². The SMILES string of the molecule is COc1ccc(C[C@@H](C)N(C)C(=O)/C=C\c2cnn(C)c2)cc1. The van der Waals surface area contributed by atoms with Gasteiger partial charge in [0.15, 0.2) is 0 Å². The lowest BCUT2D eigenvalue weighted by Gasteiger charge is -2.24. The molecule has 5 nitrogen and oxygen atoms in total. The highest BCUT2D eigenvalue weighted by Gasteiger charge is 2.14. The first-order valence-electron chi connectivity index (χ1n) is 7.56. The van der Waals surface area contributed by atoms with Crippen LogP contribution in [0.4, 0.5) is 0 Å². The first-order chi connectivity index (χ1) is 11.0. The van der Waals surface area contributed by atoms with Gasteiger partial charge in [0.05, 0.1) is 13.3 Å². The summed E-state index contributed by atoms with van der Waals surface area (Å²) in [7, 11) is 5.32. The lowest BCUT2D eigenvalue weighted by atomic mass is 10.1. The number of rotatable bonds is 6. The van der Waals surface area contributed by atoms with E-state index in [2.05, 4.69) is 5.10 Å². The van der Waals surface area contributed by atoms with Crippen LogP contribution in [-0.4, -0.2) is 40.8 Å². The first-order valence-corrected chi connectivity index (χ1v) is 7.56. The Morgan fingerprint density at radius 2 is 2.09 bits per heavy atom. The van der Waals surface area contributed by atoms with E-state index in [1.54, 1.807) is 35.0 Å². The third-order valence-corrected chi connectivity index (χ3v) is 3.84. The molecular formula is C18H23N3O2. The molecule has 0 aliphatic carbocycles. The molecule has 2 rings (SSSR count). The molecule has 0 saturated carbocycles. The Hall–Kier alpha value is -2.56. The number of aryl methyl sites for hydroxylation is 1. The van der Waals surface area contributed by atoms with Crippen LogP contribution < -0.4 is 4.74 Å². The Morgan fingerprint density at radius 1 is 1.39 bits per heavy atom. The van der Waals surface area contributed by atoms with Crippen LogP contribution in [0.25, 0.3) is 6.08 Å². The number of carbonyl (C=O) groups is 1. The molecule has 0 aliphatic heterocycles. The van der Waals surface area contributed by atoms with Gasteiger partial charge in [0.2, 0.25) is 5.91 Å². The Bertz CT molecular complexity index is 674. The predicted molar refractivity (Wildman–Crippen MR) is 91.2 cm³/mol. The summed E-state index contributed by atoms with van der Waals surface area (Å²) < 4.78 is 6.86. The van der Waals surface area contributed by atoms with E-state index in [0.29, 0.717) is 0 Å². The van der Waals surface area contributed by atoms with Crippen molar-refractivity contribution in [1.82, 2.24) is 14.7 Å². The summed E-state index contributed by atoms with van der Waals surface area (Å²) in [5, 5.41) is 4.07. The highest BCUT2D eigenvalue weighted by Crippen LogP contribution is 2.14. The minimum atomic E-state index is -0.0186. The minimum Gasteiger partial charge on any atom is -0.497 e. The second-order valence-electron chi connectivity index (χ2n) is 5.63. The molecule has 0 saturated heterocycles. The molecule has 1 amide bonds. The largest absolute Gasteiger partial charge is 0.497 e. The average molecular weight is 313 g/mol. The lowest BCUT2D eigenvalue weighted by Crippen LogP contribution is -2.35. The summed E-state index contributed by atoms with van der Waals surface area (Å²) in [6.07, 6.45) is 7.76. The topological polar surface area (TPSA) is 47.4 Å². The number of methoxy groups -OCH3 is 1. The van der Waals surface area contributed by atoms with Gasteiger partial charge in [-0.2, -0.15) is 5.10 Å². The molecule has 0 fully saturated rings. The maximum absolute atomic E-state index is 12.2. The molecule has 122 valence electrons. The van der Waals surface area contributed by atoms with Crippen molar-refractivity contribution in [2.45, 2.75) is 19.4 Å². The standard InChI is InChI=1S/C18H23N3O2/c1-14(11-15-5-8-17(23-4)9-6-15)21(3)18(22)10-7-16-12-19-20(2)13-16/h5-10,12-14H,11H2,1-4H3/b10-7-/t14-/m1/s1. The van der Waals surface area contributed by atoms with Gasteiger partial charge in [-0.3, -0.25) is 9.48 Å². The third kappa shape index (κ3) is 4.71. The van der Waals surface area contributed by atoms with Gasteiger partial charge in [0.25, 0.3) is 0 Å². The second kappa shape index (κ2) is 7.63. The Balaban J connectivity index is 1.93. The van der Waals surface area contributed by atoms with Crippen molar-refractivity contribution < 1.29 is 9.53 Å². The van der Waals surface area contributed by atoms with Crippen molar-refractivity contribution in [2.24, 2.45) is 7.05 Å².